The normalized spacial score (nSPS) is 19.4. The lowest BCUT2D eigenvalue weighted by molar-refractivity contribution is 0.0303. The van der Waals surface area contributed by atoms with E-state index in [9.17, 15) is 13.2 Å². The van der Waals surface area contributed by atoms with Crippen molar-refractivity contribution in [2.75, 3.05) is 45.9 Å². The molecule has 8 heteroatoms. The Balaban J connectivity index is 1.77. The van der Waals surface area contributed by atoms with Gasteiger partial charge in [0.05, 0.1) is 18.1 Å². The van der Waals surface area contributed by atoms with Gasteiger partial charge in [0, 0.05) is 31.2 Å². The molecule has 2 fully saturated rings. The number of carbonyl (C=O) groups excluding carboxylic acids is 1. The van der Waals surface area contributed by atoms with E-state index in [1.165, 1.54) is 0 Å². The molecule has 1 aromatic rings. The van der Waals surface area contributed by atoms with Crippen LogP contribution in [0, 0.1) is 0 Å². The molecule has 0 unspecified atom stereocenters. The molecule has 2 saturated heterocycles. The number of nitrogens with one attached hydrogen (secondary N) is 1. The standard InChI is InChI=1S/C19H29N3O4S/c1-2-11-22(17-7-9-20-10-8-17)27(24,25)18-5-3-16(4-6-18)19(23)21-12-14-26-15-13-21/h3-6,17,20H,2,7-15H2,1H3. The quantitative estimate of drug-likeness (QED) is 0.786. The molecule has 7 nitrogen and oxygen atoms in total. The summed E-state index contributed by atoms with van der Waals surface area (Å²) in [6.07, 6.45) is 2.43. The van der Waals surface area contributed by atoms with E-state index in [1.807, 2.05) is 6.92 Å². The van der Waals surface area contributed by atoms with Crippen LogP contribution in [0.15, 0.2) is 29.2 Å². The molecule has 2 heterocycles. The van der Waals surface area contributed by atoms with Crippen LogP contribution in [-0.4, -0.2) is 75.5 Å². The number of carbonyl (C=O) groups is 1. The number of sulfonamides is 1. The SMILES string of the molecule is CCCN(C1CCNCC1)S(=O)(=O)c1ccc(C(=O)N2CCOCC2)cc1. The molecule has 27 heavy (non-hydrogen) atoms. The van der Waals surface area contributed by atoms with Crippen molar-refractivity contribution < 1.29 is 17.9 Å². The van der Waals surface area contributed by atoms with Crippen LogP contribution in [0.4, 0.5) is 0 Å². The Kier molecular flexibility index (Phi) is 6.86. The fraction of sp³-hybridized carbons (Fsp3) is 0.632. The van der Waals surface area contributed by atoms with E-state index < -0.39 is 10.0 Å². The predicted octanol–water partition coefficient (Wildman–Crippen LogP) is 1.31. The van der Waals surface area contributed by atoms with Gasteiger partial charge in [0.1, 0.15) is 0 Å². The van der Waals surface area contributed by atoms with E-state index in [0.29, 0.717) is 38.4 Å². The third kappa shape index (κ3) is 4.68. The summed E-state index contributed by atoms with van der Waals surface area (Å²) in [6.45, 7) is 6.41. The van der Waals surface area contributed by atoms with Gasteiger partial charge in [-0.15, -0.1) is 0 Å². The van der Waals surface area contributed by atoms with Gasteiger partial charge in [0.15, 0.2) is 0 Å². The van der Waals surface area contributed by atoms with E-state index in [1.54, 1.807) is 33.5 Å². The number of piperidine rings is 1. The lowest BCUT2D eigenvalue weighted by Crippen LogP contribution is -2.46. The number of amides is 1. The Labute approximate surface area is 161 Å². The maximum Gasteiger partial charge on any atom is 0.254 e. The number of hydrogen-bond acceptors (Lipinski definition) is 5. The van der Waals surface area contributed by atoms with Crippen LogP contribution < -0.4 is 5.32 Å². The molecule has 1 aromatic carbocycles. The lowest BCUT2D eigenvalue weighted by atomic mass is 10.1. The Morgan fingerprint density at radius 3 is 2.41 bits per heavy atom. The Morgan fingerprint density at radius 1 is 1.19 bits per heavy atom. The predicted molar refractivity (Wildman–Crippen MR) is 103 cm³/mol. The number of benzene rings is 1. The molecule has 2 aliphatic rings. The highest BCUT2D eigenvalue weighted by molar-refractivity contribution is 7.89. The summed E-state index contributed by atoms with van der Waals surface area (Å²) in [4.78, 5) is 14.5. The highest BCUT2D eigenvalue weighted by atomic mass is 32.2. The zero-order valence-electron chi connectivity index (χ0n) is 15.9. The topological polar surface area (TPSA) is 79.0 Å². The van der Waals surface area contributed by atoms with Gasteiger partial charge in [-0.1, -0.05) is 6.92 Å². The molecule has 0 bridgehead atoms. The van der Waals surface area contributed by atoms with E-state index in [0.717, 1.165) is 32.4 Å². The molecule has 3 rings (SSSR count). The molecule has 1 N–H and O–H groups in total. The van der Waals surface area contributed by atoms with Crippen molar-refractivity contribution in [1.29, 1.82) is 0 Å². The van der Waals surface area contributed by atoms with Gasteiger partial charge >= 0.3 is 0 Å². The Morgan fingerprint density at radius 2 is 1.81 bits per heavy atom. The van der Waals surface area contributed by atoms with Gasteiger partial charge in [-0.3, -0.25) is 4.79 Å². The van der Waals surface area contributed by atoms with Crippen molar-refractivity contribution in [3.8, 4) is 0 Å². The molecular formula is C19H29N3O4S. The highest BCUT2D eigenvalue weighted by Crippen LogP contribution is 2.23. The van der Waals surface area contributed by atoms with Gasteiger partial charge in [0.2, 0.25) is 10.0 Å². The summed E-state index contributed by atoms with van der Waals surface area (Å²) in [5.74, 6) is -0.0778. The molecular weight excluding hydrogens is 366 g/mol. The van der Waals surface area contributed by atoms with Crippen LogP contribution in [0.2, 0.25) is 0 Å². The monoisotopic (exact) mass is 395 g/mol. The zero-order chi connectivity index (χ0) is 19.3. The molecule has 2 aliphatic heterocycles. The van der Waals surface area contributed by atoms with Gasteiger partial charge in [-0.25, -0.2) is 8.42 Å². The first-order chi connectivity index (χ1) is 13.0. The van der Waals surface area contributed by atoms with E-state index in [2.05, 4.69) is 5.32 Å². The van der Waals surface area contributed by atoms with Crippen molar-refractivity contribution >= 4 is 15.9 Å². The van der Waals surface area contributed by atoms with Crippen molar-refractivity contribution in [2.24, 2.45) is 0 Å². The number of rotatable bonds is 6. The molecule has 150 valence electrons. The average molecular weight is 396 g/mol. The second kappa shape index (κ2) is 9.14. The fourth-order valence-electron chi connectivity index (χ4n) is 3.67. The fourth-order valence-corrected chi connectivity index (χ4v) is 5.45. The lowest BCUT2D eigenvalue weighted by Gasteiger charge is -2.33. The first-order valence-corrected chi connectivity index (χ1v) is 11.2. The smallest absolute Gasteiger partial charge is 0.254 e. The van der Waals surface area contributed by atoms with Crippen molar-refractivity contribution in [2.45, 2.75) is 37.1 Å². The maximum atomic E-state index is 13.2. The minimum absolute atomic E-state index is 0.0332. The minimum atomic E-state index is -3.57. The van der Waals surface area contributed by atoms with Gasteiger partial charge in [0.25, 0.3) is 5.91 Å². The van der Waals surface area contributed by atoms with Crippen LogP contribution in [-0.2, 0) is 14.8 Å². The molecule has 0 aromatic heterocycles. The third-order valence-electron chi connectivity index (χ3n) is 5.17. The first-order valence-electron chi connectivity index (χ1n) is 9.73. The summed E-state index contributed by atoms with van der Waals surface area (Å²) < 4.78 is 33.3. The third-order valence-corrected chi connectivity index (χ3v) is 7.13. The van der Waals surface area contributed by atoms with Crippen molar-refractivity contribution in [1.82, 2.24) is 14.5 Å². The molecule has 0 atom stereocenters. The van der Waals surface area contributed by atoms with Crippen LogP contribution in [0.25, 0.3) is 0 Å². The van der Waals surface area contributed by atoms with Crippen LogP contribution in [0.1, 0.15) is 36.5 Å². The van der Waals surface area contributed by atoms with E-state index >= 15 is 0 Å². The summed E-state index contributed by atoms with van der Waals surface area (Å²) in [5.41, 5.74) is 0.514. The van der Waals surface area contributed by atoms with Crippen molar-refractivity contribution in [3.63, 3.8) is 0 Å². The van der Waals surface area contributed by atoms with Crippen LogP contribution >= 0.6 is 0 Å². The molecule has 0 aliphatic carbocycles. The Bertz CT molecular complexity index is 724. The largest absolute Gasteiger partial charge is 0.378 e. The van der Waals surface area contributed by atoms with E-state index in [4.69, 9.17) is 4.74 Å². The molecule has 0 saturated carbocycles. The Hall–Kier alpha value is -1.48. The van der Waals surface area contributed by atoms with Crippen molar-refractivity contribution in [3.05, 3.63) is 29.8 Å². The second-order valence-electron chi connectivity index (χ2n) is 7.03. The van der Waals surface area contributed by atoms with Gasteiger partial charge in [-0.2, -0.15) is 4.31 Å². The second-order valence-corrected chi connectivity index (χ2v) is 8.92. The molecule has 0 spiro atoms. The maximum absolute atomic E-state index is 13.2. The minimum Gasteiger partial charge on any atom is -0.378 e. The van der Waals surface area contributed by atoms with Crippen LogP contribution in [0.5, 0.6) is 0 Å². The summed E-state index contributed by atoms with van der Waals surface area (Å²) in [6, 6.07) is 6.40. The van der Waals surface area contributed by atoms with Gasteiger partial charge < -0.3 is 15.0 Å². The summed E-state index contributed by atoms with van der Waals surface area (Å²) >= 11 is 0. The summed E-state index contributed by atoms with van der Waals surface area (Å²) in [5, 5.41) is 3.28. The number of hydrogen-bond donors (Lipinski definition) is 1. The number of ether oxygens (including phenoxy) is 1. The highest BCUT2D eigenvalue weighted by Gasteiger charge is 2.31. The molecule has 1 amide bonds. The van der Waals surface area contributed by atoms with Crippen LogP contribution in [0.3, 0.4) is 0 Å². The first kappa shape index (κ1) is 20.3. The van der Waals surface area contributed by atoms with Gasteiger partial charge in [-0.05, 0) is 56.6 Å². The number of nitrogens with zero attached hydrogens (tertiary/aromatic N) is 2. The number of morpholine rings is 1. The summed E-state index contributed by atoms with van der Waals surface area (Å²) in [7, 11) is -3.57. The van der Waals surface area contributed by atoms with E-state index in [-0.39, 0.29) is 16.8 Å². The molecule has 0 radical (unpaired) electrons. The average Bonchev–Trinajstić information content (AvgIpc) is 2.72. The zero-order valence-corrected chi connectivity index (χ0v) is 16.7.